The Morgan fingerprint density at radius 1 is 1.06 bits per heavy atom. The predicted octanol–water partition coefficient (Wildman–Crippen LogP) is 8.13. The van der Waals surface area contributed by atoms with E-state index in [0.717, 1.165) is 42.6 Å². The summed E-state index contributed by atoms with van der Waals surface area (Å²) in [6.07, 6.45) is 12.6. The van der Waals surface area contributed by atoms with Crippen molar-refractivity contribution in [2.75, 3.05) is 0 Å². The highest BCUT2D eigenvalue weighted by molar-refractivity contribution is 5.62. The highest BCUT2D eigenvalue weighted by atomic mass is 16.6. The van der Waals surface area contributed by atoms with Crippen molar-refractivity contribution in [3.63, 3.8) is 0 Å². The van der Waals surface area contributed by atoms with E-state index in [0.29, 0.717) is 17.7 Å². The van der Waals surface area contributed by atoms with Gasteiger partial charge in [-0.25, -0.2) is 0 Å². The smallest absolute Gasteiger partial charge is 0.317 e. The predicted molar refractivity (Wildman–Crippen MR) is 132 cm³/mol. The molecule has 182 valence electrons. The number of nitrogens with zero attached hydrogens (tertiary/aromatic N) is 1. The quantitative estimate of drug-likeness (QED) is 0.245. The molecule has 2 rings (SSSR count). The highest BCUT2D eigenvalue weighted by Crippen LogP contribution is 2.46. The van der Waals surface area contributed by atoms with Gasteiger partial charge in [-0.2, -0.15) is 0 Å². The molecule has 0 unspecified atom stereocenters. The van der Waals surface area contributed by atoms with E-state index >= 15 is 0 Å². The number of phenolic OH excluding ortho intramolecular Hbond substituents is 1. The van der Waals surface area contributed by atoms with Gasteiger partial charge in [-0.3, -0.25) is 10.1 Å². The Balaban J connectivity index is 1.77. The first-order valence-electron chi connectivity index (χ1n) is 12.7. The van der Waals surface area contributed by atoms with E-state index in [4.69, 9.17) is 4.74 Å². The standard InChI is InChI=1S/C27H45NO4/c1-19(2)10-7-11-20(3)12-8-13-21(4)14-9-16-27(6)17-15-23-25(28(30)31)24(29)18-22(5)26(23)32-27/h18-21,29H,7-17H2,1-6H3/t20-,21-,27-/m1/s1. The van der Waals surface area contributed by atoms with Gasteiger partial charge in [0.05, 0.1) is 10.5 Å². The van der Waals surface area contributed by atoms with Crippen molar-refractivity contribution in [2.24, 2.45) is 17.8 Å². The maximum Gasteiger partial charge on any atom is 0.317 e. The number of benzene rings is 1. The van der Waals surface area contributed by atoms with Gasteiger partial charge in [0.25, 0.3) is 0 Å². The van der Waals surface area contributed by atoms with E-state index in [9.17, 15) is 15.2 Å². The summed E-state index contributed by atoms with van der Waals surface area (Å²) in [5.74, 6) is 2.71. The number of nitro groups is 1. The van der Waals surface area contributed by atoms with E-state index in [1.54, 1.807) is 0 Å². The topological polar surface area (TPSA) is 72.6 Å². The van der Waals surface area contributed by atoms with Gasteiger partial charge in [-0.05, 0) is 68.9 Å². The molecule has 5 nitrogen and oxygen atoms in total. The van der Waals surface area contributed by atoms with Gasteiger partial charge in [-0.15, -0.1) is 0 Å². The second-order valence-electron chi connectivity index (χ2n) is 11.0. The van der Waals surface area contributed by atoms with Crippen LogP contribution in [-0.2, 0) is 6.42 Å². The van der Waals surface area contributed by atoms with Crippen molar-refractivity contribution in [3.05, 3.63) is 27.3 Å². The molecule has 0 spiro atoms. The van der Waals surface area contributed by atoms with Gasteiger partial charge in [0.2, 0.25) is 0 Å². The first kappa shape index (κ1) is 26.5. The van der Waals surface area contributed by atoms with Crippen LogP contribution in [0.4, 0.5) is 5.69 Å². The Labute approximate surface area is 195 Å². The van der Waals surface area contributed by atoms with E-state index < -0.39 is 4.92 Å². The van der Waals surface area contributed by atoms with Crippen molar-refractivity contribution >= 4 is 5.69 Å². The molecule has 1 aromatic rings. The van der Waals surface area contributed by atoms with Gasteiger partial charge in [0.15, 0.2) is 5.75 Å². The lowest BCUT2D eigenvalue weighted by Crippen LogP contribution is -2.37. The molecule has 1 N–H and O–H groups in total. The minimum Gasteiger partial charge on any atom is -0.502 e. The van der Waals surface area contributed by atoms with Crippen molar-refractivity contribution in [1.82, 2.24) is 0 Å². The van der Waals surface area contributed by atoms with Gasteiger partial charge in [-0.1, -0.05) is 72.6 Å². The number of ether oxygens (including phenoxy) is 1. The zero-order chi connectivity index (χ0) is 23.9. The number of aromatic hydroxyl groups is 1. The molecule has 1 heterocycles. The summed E-state index contributed by atoms with van der Waals surface area (Å²) in [7, 11) is 0. The number of rotatable bonds is 13. The largest absolute Gasteiger partial charge is 0.502 e. The molecule has 0 radical (unpaired) electrons. The van der Waals surface area contributed by atoms with Crippen LogP contribution in [0.1, 0.15) is 110 Å². The normalized spacial score (nSPS) is 20.0. The molecule has 0 saturated carbocycles. The third kappa shape index (κ3) is 7.67. The molecule has 3 atom stereocenters. The van der Waals surface area contributed by atoms with E-state index in [-0.39, 0.29) is 17.0 Å². The fraction of sp³-hybridized carbons (Fsp3) is 0.778. The van der Waals surface area contributed by atoms with Crippen molar-refractivity contribution in [2.45, 2.75) is 118 Å². The van der Waals surface area contributed by atoms with Crippen LogP contribution < -0.4 is 4.74 Å². The molecule has 0 aliphatic carbocycles. The molecule has 0 fully saturated rings. The Morgan fingerprint density at radius 2 is 1.62 bits per heavy atom. The maximum atomic E-state index is 11.4. The summed E-state index contributed by atoms with van der Waals surface area (Å²) in [5, 5.41) is 21.4. The first-order valence-corrected chi connectivity index (χ1v) is 12.7. The van der Waals surface area contributed by atoms with Crippen LogP contribution >= 0.6 is 0 Å². The molecule has 5 heteroatoms. The van der Waals surface area contributed by atoms with Crippen molar-refractivity contribution in [1.29, 1.82) is 0 Å². The van der Waals surface area contributed by atoms with Crippen LogP contribution in [0, 0.1) is 34.8 Å². The summed E-state index contributed by atoms with van der Waals surface area (Å²) in [5.41, 5.74) is 0.818. The molecule has 1 aliphatic heterocycles. The molecule has 0 saturated heterocycles. The minimum absolute atomic E-state index is 0.195. The van der Waals surface area contributed by atoms with Crippen molar-refractivity contribution in [3.8, 4) is 11.5 Å². The average Bonchev–Trinajstić information content (AvgIpc) is 2.68. The molecular formula is C27H45NO4. The number of nitro benzene ring substituents is 1. The monoisotopic (exact) mass is 447 g/mol. The van der Waals surface area contributed by atoms with Crippen LogP contribution in [0.25, 0.3) is 0 Å². The number of aryl methyl sites for hydroxylation is 1. The molecule has 1 aromatic carbocycles. The van der Waals surface area contributed by atoms with E-state index in [2.05, 4.69) is 34.6 Å². The summed E-state index contributed by atoms with van der Waals surface area (Å²) in [6, 6.07) is 1.45. The van der Waals surface area contributed by atoms with Crippen LogP contribution in [-0.4, -0.2) is 15.6 Å². The number of hydrogen-bond acceptors (Lipinski definition) is 4. The van der Waals surface area contributed by atoms with Crippen LogP contribution in [0.5, 0.6) is 11.5 Å². The first-order chi connectivity index (χ1) is 15.0. The van der Waals surface area contributed by atoms with E-state index in [1.807, 2.05) is 6.92 Å². The number of hydrogen-bond donors (Lipinski definition) is 1. The van der Waals surface area contributed by atoms with E-state index in [1.165, 1.54) is 51.0 Å². The SMILES string of the molecule is Cc1cc(O)c([N+](=O)[O-])c2c1O[C@](C)(CCC[C@H](C)CCC[C@H](C)CCCC(C)C)CC2. The number of fused-ring (bicyclic) bond motifs is 1. The van der Waals surface area contributed by atoms with Crippen molar-refractivity contribution < 1.29 is 14.8 Å². The fourth-order valence-electron chi connectivity index (χ4n) is 5.08. The molecule has 1 aliphatic rings. The lowest BCUT2D eigenvalue weighted by molar-refractivity contribution is -0.386. The highest BCUT2D eigenvalue weighted by Gasteiger charge is 2.37. The zero-order valence-corrected chi connectivity index (χ0v) is 21.2. The van der Waals surface area contributed by atoms with Gasteiger partial charge >= 0.3 is 5.69 Å². The Hall–Kier alpha value is -1.78. The van der Waals surface area contributed by atoms with Gasteiger partial charge in [0.1, 0.15) is 11.4 Å². The Morgan fingerprint density at radius 3 is 2.19 bits per heavy atom. The molecular weight excluding hydrogens is 402 g/mol. The fourth-order valence-corrected chi connectivity index (χ4v) is 5.08. The third-order valence-electron chi connectivity index (χ3n) is 7.22. The molecule has 0 amide bonds. The molecule has 0 bridgehead atoms. The van der Waals surface area contributed by atoms with Gasteiger partial charge < -0.3 is 9.84 Å². The Bertz CT molecular complexity index is 761. The summed E-state index contributed by atoms with van der Waals surface area (Å²) in [6.45, 7) is 13.3. The number of phenols is 1. The third-order valence-corrected chi connectivity index (χ3v) is 7.22. The average molecular weight is 448 g/mol. The summed E-state index contributed by atoms with van der Waals surface area (Å²) in [4.78, 5) is 10.9. The minimum atomic E-state index is -0.494. The zero-order valence-electron chi connectivity index (χ0n) is 21.2. The second kappa shape index (κ2) is 11.9. The summed E-state index contributed by atoms with van der Waals surface area (Å²) >= 11 is 0. The Kier molecular flexibility index (Phi) is 9.84. The van der Waals surface area contributed by atoms with Crippen LogP contribution in [0.3, 0.4) is 0 Å². The van der Waals surface area contributed by atoms with Crippen LogP contribution in [0.15, 0.2) is 6.07 Å². The van der Waals surface area contributed by atoms with Crippen LogP contribution in [0.2, 0.25) is 0 Å². The lowest BCUT2D eigenvalue weighted by Gasteiger charge is -2.37. The second-order valence-corrected chi connectivity index (χ2v) is 11.0. The molecule has 0 aromatic heterocycles. The maximum absolute atomic E-state index is 11.4. The lowest BCUT2D eigenvalue weighted by atomic mass is 9.85. The van der Waals surface area contributed by atoms with Gasteiger partial charge in [0, 0.05) is 0 Å². The molecule has 32 heavy (non-hydrogen) atoms. The summed E-state index contributed by atoms with van der Waals surface area (Å²) < 4.78 is 6.33.